The number of benzene rings is 1. The highest BCUT2D eigenvalue weighted by atomic mass is 19.1. The van der Waals surface area contributed by atoms with Crippen LogP contribution in [0.5, 0.6) is 5.75 Å². The normalized spacial score (nSPS) is 17.1. The van der Waals surface area contributed by atoms with Gasteiger partial charge in [-0.3, -0.25) is 4.79 Å². The maximum Gasteiger partial charge on any atom is 0.255 e. The van der Waals surface area contributed by atoms with E-state index in [1.807, 2.05) is 0 Å². The molecule has 2 heterocycles. The van der Waals surface area contributed by atoms with E-state index in [9.17, 15) is 9.18 Å². The molecule has 3 rings (SSSR count). The molecule has 1 fully saturated rings. The molecule has 1 aliphatic rings. The zero-order chi connectivity index (χ0) is 17.6. The molecule has 0 radical (unpaired) electrons. The second-order valence-corrected chi connectivity index (χ2v) is 5.83. The zero-order valence-electron chi connectivity index (χ0n) is 14.0. The number of halogens is 1. The van der Waals surface area contributed by atoms with Gasteiger partial charge in [-0.25, -0.2) is 14.4 Å². The van der Waals surface area contributed by atoms with Crippen molar-refractivity contribution in [2.75, 3.05) is 13.7 Å². The monoisotopic (exact) mass is 345 g/mol. The smallest absolute Gasteiger partial charge is 0.255 e. The molecule has 0 aliphatic carbocycles. The fourth-order valence-corrected chi connectivity index (χ4v) is 2.70. The minimum Gasteiger partial charge on any atom is -0.496 e. The fraction of sp³-hybridized carbons (Fsp3) is 0.389. The van der Waals surface area contributed by atoms with Crippen LogP contribution in [0, 0.1) is 5.82 Å². The molecule has 1 aromatic heterocycles. The summed E-state index contributed by atoms with van der Waals surface area (Å²) in [5.74, 6) is 0.0729. The number of hydrogen-bond acceptors (Lipinski definition) is 5. The van der Waals surface area contributed by atoms with Gasteiger partial charge in [0, 0.05) is 31.1 Å². The van der Waals surface area contributed by atoms with Gasteiger partial charge in [-0.2, -0.15) is 0 Å². The second-order valence-electron chi connectivity index (χ2n) is 5.83. The van der Waals surface area contributed by atoms with Gasteiger partial charge in [-0.05, 0) is 37.5 Å². The van der Waals surface area contributed by atoms with Gasteiger partial charge in [0.1, 0.15) is 17.7 Å². The Balaban J connectivity index is 1.61. The summed E-state index contributed by atoms with van der Waals surface area (Å²) in [7, 11) is 1.43. The topological polar surface area (TPSA) is 73.3 Å². The van der Waals surface area contributed by atoms with Crippen LogP contribution in [0.3, 0.4) is 0 Å². The molecular weight excluding hydrogens is 325 g/mol. The third-order valence-corrected chi connectivity index (χ3v) is 4.05. The van der Waals surface area contributed by atoms with E-state index in [0.29, 0.717) is 11.6 Å². The van der Waals surface area contributed by atoms with Crippen molar-refractivity contribution < 1.29 is 18.7 Å². The van der Waals surface area contributed by atoms with E-state index in [-0.39, 0.29) is 18.2 Å². The van der Waals surface area contributed by atoms with E-state index in [1.54, 1.807) is 12.4 Å². The third-order valence-electron chi connectivity index (χ3n) is 4.05. The van der Waals surface area contributed by atoms with Crippen LogP contribution >= 0.6 is 0 Å². The van der Waals surface area contributed by atoms with Crippen LogP contribution in [0.15, 0.2) is 30.6 Å². The van der Waals surface area contributed by atoms with Crippen LogP contribution in [-0.4, -0.2) is 29.6 Å². The number of amides is 1. The molecule has 0 saturated carbocycles. The number of carbonyl (C=O) groups is 1. The Kier molecular flexibility index (Phi) is 5.55. The summed E-state index contributed by atoms with van der Waals surface area (Å²) < 4.78 is 24.1. The molecular formula is C18H20FN3O3. The van der Waals surface area contributed by atoms with Gasteiger partial charge in [-0.1, -0.05) is 0 Å². The number of aromatic nitrogens is 2. The van der Waals surface area contributed by atoms with Crippen molar-refractivity contribution in [2.24, 2.45) is 0 Å². The standard InChI is InChI=1S/C18H20FN3O3/c1-24-15-6-5-13(19)8-14(15)18(23)22-11-12-9-20-17(21-10-12)16-4-2-3-7-25-16/h5-6,8-10,16H,2-4,7,11H2,1H3,(H,22,23). The average Bonchev–Trinajstić information content (AvgIpc) is 2.67. The maximum absolute atomic E-state index is 13.4. The lowest BCUT2D eigenvalue weighted by atomic mass is 10.1. The molecule has 1 aliphatic heterocycles. The van der Waals surface area contributed by atoms with E-state index in [1.165, 1.54) is 19.2 Å². The van der Waals surface area contributed by atoms with Crippen LogP contribution in [0.4, 0.5) is 4.39 Å². The molecule has 1 amide bonds. The summed E-state index contributed by atoms with van der Waals surface area (Å²) in [6.45, 7) is 0.978. The molecule has 1 N–H and O–H groups in total. The van der Waals surface area contributed by atoms with Crippen molar-refractivity contribution in [3.8, 4) is 5.75 Å². The quantitative estimate of drug-likeness (QED) is 0.902. The number of methoxy groups -OCH3 is 1. The fourth-order valence-electron chi connectivity index (χ4n) is 2.70. The Labute approximate surface area is 145 Å². The van der Waals surface area contributed by atoms with Crippen LogP contribution in [0.2, 0.25) is 0 Å². The minimum atomic E-state index is -0.494. The molecule has 132 valence electrons. The van der Waals surface area contributed by atoms with Crippen LogP contribution < -0.4 is 10.1 Å². The van der Waals surface area contributed by atoms with E-state index in [2.05, 4.69) is 15.3 Å². The van der Waals surface area contributed by atoms with Crippen molar-refractivity contribution in [2.45, 2.75) is 31.9 Å². The number of hydrogen-bond donors (Lipinski definition) is 1. The maximum atomic E-state index is 13.4. The van der Waals surface area contributed by atoms with Crippen LogP contribution in [-0.2, 0) is 11.3 Å². The second kappa shape index (κ2) is 8.02. The summed E-state index contributed by atoms with van der Waals surface area (Å²) in [6.07, 6.45) is 6.40. The number of nitrogens with zero attached hydrogens (tertiary/aromatic N) is 2. The van der Waals surface area contributed by atoms with E-state index in [0.717, 1.165) is 37.5 Å². The van der Waals surface area contributed by atoms with Crippen LogP contribution in [0.25, 0.3) is 0 Å². The Bertz CT molecular complexity index is 731. The SMILES string of the molecule is COc1ccc(F)cc1C(=O)NCc1cnc(C2CCCCO2)nc1. The Hall–Kier alpha value is -2.54. The lowest BCUT2D eigenvalue weighted by Crippen LogP contribution is -2.24. The van der Waals surface area contributed by atoms with Crippen molar-refractivity contribution in [3.05, 3.63) is 53.4 Å². The predicted octanol–water partition coefficient (Wildman–Crippen LogP) is 2.80. The van der Waals surface area contributed by atoms with Gasteiger partial charge in [0.25, 0.3) is 5.91 Å². The van der Waals surface area contributed by atoms with Crippen molar-refractivity contribution >= 4 is 5.91 Å². The van der Waals surface area contributed by atoms with Gasteiger partial charge in [0.2, 0.25) is 0 Å². The van der Waals surface area contributed by atoms with Crippen molar-refractivity contribution in [1.82, 2.24) is 15.3 Å². The number of nitrogens with one attached hydrogen (secondary N) is 1. The Morgan fingerprint density at radius 1 is 1.36 bits per heavy atom. The highest BCUT2D eigenvalue weighted by molar-refractivity contribution is 5.96. The average molecular weight is 345 g/mol. The first-order chi connectivity index (χ1) is 12.2. The van der Waals surface area contributed by atoms with Gasteiger partial charge >= 0.3 is 0 Å². The van der Waals surface area contributed by atoms with Gasteiger partial charge < -0.3 is 14.8 Å². The first kappa shape index (κ1) is 17.3. The molecule has 6 nitrogen and oxygen atoms in total. The first-order valence-corrected chi connectivity index (χ1v) is 8.21. The summed E-state index contributed by atoms with van der Waals surface area (Å²) in [4.78, 5) is 20.9. The molecule has 1 aromatic carbocycles. The van der Waals surface area contributed by atoms with Gasteiger partial charge in [0.05, 0.1) is 12.7 Å². The third kappa shape index (κ3) is 4.30. The number of carbonyl (C=O) groups excluding carboxylic acids is 1. The largest absolute Gasteiger partial charge is 0.496 e. The Morgan fingerprint density at radius 3 is 2.84 bits per heavy atom. The molecule has 25 heavy (non-hydrogen) atoms. The first-order valence-electron chi connectivity index (χ1n) is 8.21. The van der Waals surface area contributed by atoms with Crippen molar-refractivity contribution in [1.29, 1.82) is 0 Å². The number of rotatable bonds is 5. The predicted molar refractivity (Wildman–Crippen MR) is 88.7 cm³/mol. The summed E-state index contributed by atoms with van der Waals surface area (Å²) in [5, 5.41) is 2.72. The lowest BCUT2D eigenvalue weighted by molar-refractivity contribution is 0.00940. The molecule has 0 bridgehead atoms. The zero-order valence-corrected chi connectivity index (χ0v) is 14.0. The van der Waals surface area contributed by atoms with Crippen molar-refractivity contribution in [3.63, 3.8) is 0 Å². The van der Waals surface area contributed by atoms with Gasteiger partial charge in [0.15, 0.2) is 5.82 Å². The van der Waals surface area contributed by atoms with Gasteiger partial charge in [-0.15, -0.1) is 0 Å². The van der Waals surface area contributed by atoms with E-state index in [4.69, 9.17) is 9.47 Å². The molecule has 1 atom stereocenters. The van der Waals surface area contributed by atoms with E-state index < -0.39 is 11.7 Å². The molecule has 7 heteroatoms. The number of ether oxygens (including phenoxy) is 2. The minimum absolute atomic E-state index is 0.0473. The summed E-state index contributed by atoms with van der Waals surface area (Å²) in [5.41, 5.74) is 0.902. The molecule has 1 unspecified atom stereocenters. The molecule has 0 spiro atoms. The summed E-state index contributed by atoms with van der Waals surface area (Å²) in [6, 6.07) is 3.82. The summed E-state index contributed by atoms with van der Waals surface area (Å²) >= 11 is 0. The molecule has 2 aromatic rings. The Morgan fingerprint density at radius 2 is 2.16 bits per heavy atom. The van der Waals surface area contributed by atoms with E-state index >= 15 is 0 Å². The highest BCUT2D eigenvalue weighted by Gasteiger charge is 2.18. The van der Waals surface area contributed by atoms with Crippen LogP contribution in [0.1, 0.15) is 47.1 Å². The molecule has 1 saturated heterocycles. The lowest BCUT2D eigenvalue weighted by Gasteiger charge is -2.21. The highest BCUT2D eigenvalue weighted by Crippen LogP contribution is 2.25.